The van der Waals surface area contributed by atoms with E-state index in [-0.39, 0.29) is 17.7 Å². The number of benzene rings is 2. The zero-order chi connectivity index (χ0) is 17.0. The van der Waals surface area contributed by atoms with Crippen LogP contribution in [0.3, 0.4) is 0 Å². The van der Waals surface area contributed by atoms with E-state index in [4.69, 9.17) is 22.1 Å². The number of nitrogens with one attached hydrogen (secondary N) is 1. The molecule has 0 aromatic heterocycles. The SMILES string of the molecule is COc1cccc(Cl)c1CC(=O)Nc1ccc(F)c(C(N)=O)c1. The predicted molar refractivity (Wildman–Crippen MR) is 85.3 cm³/mol. The molecule has 0 saturated heterocycles. The molecule has 0 fully saturated rings. The van der Waals surface area contributed by atoms with Gasteiger partial charge in [-0.25, -0.2) is 4.39 Å². The van der Waals surface area contributed by atoms with Crippen LogP contribution >= 0.6 is 11.6 Å². The summed E-state index contributed by atoms with van der Waals surface area (Å²) in [6, 6.07) is 8.63. The molecule has 120 valence electrons. The van der Waals surface area contributed by atoms with Gasteiger partial charge in [-0.15, -0.1) is 0 Å². The van der Waals surface area contributed by atoms with Crippen molar-refractivity contribution >= 4 is 29.1 Å². The molecule has 5 nitrogen and oxygen atoms in total. The van der Waals surface area contributed by atoms with E-state index in [1.807, 2.05) is 0 Å². The minimum absolute atomic E-state index is 0.0356. The molecule has 0 heterocycles. The summed E-state index contributed by atoms with van der Waals surface area (Å²) in [4.78, 5) is 23.2. The molecule has 0 bridgehead atoms. The van der Waals surface area contributed by atoms with Crippen molar-refractivity contribution in [3.05, 3.63) is 58.4 Å². The smallest absolute Gasteiger partial charge is 0.251 e. The number of hydrogen-bond acceptors (Lipinski definition) is 3. The summed E-state index contributed by atoms with van der Waals surface area (Å²) in [6.45, 7) is 0. The quantitative estimate of drug-likeness (QED) is 0.880. The molecule has 0 saturated carbocycles. The highest BCUT2D eigenvalue weighted by molar-refractivity contribution is 6.31. The van der Waals surface area contributed by atoms with E-state index in [0.29, 0.717) is 16.3 Å². The number of amides is 2. The summed E-state index contributed by atoms with van der Waals surface area (Å²) in [5, 5.41) is 2.96. The van der Waals surface area contributed by atoms with Crippen molar-refractivity contribution in [1.82, 2.24) is 0 Å². The Kier molecular flexibility index (Phi) is 5.18. The van der Waals surface area contributed by atoms with Crippen LogP contribution in [0.4, 0.5) is 10.1 Å². The number of primary amides is 1. The van der Waals surface area contributed by atoms with E-state index in [0.717, 1.165) is 6.07 Å². The van der Waals surface area contributed by atoms with Crippen LogP contribution in [0.15, 0.2) is 36.4 Å². The Hall–Kier alpha value is -2.60. The maximum atomic E-state index is 13.4. The number of halogens is 2. The third-order valence-electron chi connectivity index (χ3n) is 3.15. The van der Waals surface area contributed by atoms with Crippen LogP contribution in [0.1, 0.15) is 15.9 Å². The van der Waals surface area contributed by atoms with Gasteiger partial charge in [0.25, 0.3) is 5.91 Å². The van der Waals surface area contributed by atoms with Crippen molar-refractivity contribution in [1.29, 1.82) is 0 Å². The average molecular weight is 337 g/mol. The van der Waals surface area contributed by atoms with Crippen molar-refractivity contribution in [2.75, 3.05) is 12.4 Å². The second kappa shape index (κ2) is 7.11. The molecule has 0 radical (unpaired) electrons. The van der Waals surface area contributed by atoms with Crippen molar-refractivity contribution in [2.24, 2.45) is 5.73 Å². The number of nitrogens with two attached hydrogens (primary N) is 1. The van der Waals surface area contributed by atoms with Crippen LogP contribution in [0.25, 0.3) is 0 Å². The number of carbonyl (C=O) groups is 2. The normalized spacial score (nSPS) is 10.2. The summed E-state index contributed by atoms with van der Waals surface area (Å²) in [7, 11) is 1.48. The van der Waals surface area contributed by atoms with Crippen LogP contribution in [0.5, 0.6) is 5.75 Å². The fraction of sp³-hybridized carbons (Fsp3) is 0.125. The molecule has 0 aliphatic heterocycles. The van der Waals surface area contributed by atoms with Crippen molar-refractivity contribution in [2.45, 2.75) is 6.42 Å². The number of rotatable bonds is 5. The summed E-state index contributed by atoms with van der Waals surface area (Å²) in [6.07, 6.45) is -0.0356. The summed E-state index contributed by atoms with van der Waals surface area (Å²) >= 11 is 6.07. The Bertz CT molecular complexity index is 765. The fourth-order valence-corrected chi connectivity index (χ4v) is 2.29. The standard InChI is InChI=1S/C16H14ClFN2O3/c1-23-14-4-2-3-12(17)10(14)8-15(21)20-9-5-6-13(18)11(7-9)16(19)22/h2-7H,8H2,1H3,(H2,19,22)(H,20,21). The molecular weight excluding hydrogens is 323 g/mol. The Morgan fingerprint density at radius 2 is 2.04 bits per heavy atom. The zero-order valence-corrected chi connectivity index (χ0v) is 13.0. The van der Waals surface area contributed by atoms with Crippen LogP contribution in [0.2, 0.25) is 5.02 Å². The molecule has 0 spiro atoms. The first-order chi connectivity index (χ1) is 10.9. The number of carbonyl (C=O) groups excluding carboxylic acids is 2. The van der Waals surface area contributed by atoms with E-state index in [1.54, 1.807) is 18.2 Å². The molecule has 2 aromatic carbocycles. The third kappa shape index (κ3) is 3.98. The lowest BCUT2D eigenvalue weighted by Crippen LogP contribution is -2.17. The summed E-state index contributed by atoms with van der Waals surface area (Å²) in [5.41, 5.74) is 5.57. The Balaban J connectivity index is 2.18. The van der Waals surface area contributed by atoms with Gasteiger partial charge in [-0.05, 0) is 30.3 Å². The number of ether oxygens (including phenoxy) is 1. The van der Waals surface area contributed by atoms with Gasteiger partial charge in [0.05, 0.1) is 19.1 Å². The van der Waals surface area contributed by atoms with Crippen molar-refractivity contribution in [3.8, 4) is 5.75 Å². The molecule has 0 aliphatic carbocycles. The molecular formula is C16H14ClFN2O3. The fourth-order valence-electron chi connectivity index (χ4n) is 2.06. The van der Waals surface area contributed by atoms with Crippen LogP contribution in [-0.4, -0.2) is 18.9 Å². The molecule has 2 amide bonds. The largest absolute Gasteiger partial charge is 0.496 e. The minimum Gasteiger partial charge on any atom is -0.496 e. The Labute approximate surface area is 137 Å². The lowest BCUT2D eigenvalue weighted by atomic mass is 10.1. The maximum Gasteiger partial charge on any atom is 0.251 e. The van der Waals surface area contributed by atoms with E-state index < -0.39 is 17.6 Å². The highest BCUT2D eigenvalue weighted by Gasteiger charge is 2.14. The first-order valence-corrected chi connectivity index (χ1v) is 7.00. The number of anilines is 1. The second-order valence-electron chi connectivity index (χ2n) is 4.70. The maximum absolute atomic E-state index is 13.4. The van der Waals surface area contributed by atoms with Crippen molar-refractivity contribution < 1.29 is 18.7 Å². The molecule has 2 rings (SSSR count). The molecule has 23 heavy (non-hydrogen) atoms. The zero-order valence-electron chi connectivity index (χ0n) is 12.2. The highest BCUT2D eigenvalue weighted by Crippen LogP contribution is 2.27. The first-order valence-electron chi connectivity index (χ1n) is 6.63. The van der Waals surface area contributed by atoms with Crippen molar-refractivity contribution in [3.63, 3.8) is 0 Å². The second-order valence-corrected chi connectivity index (χ2v) is 5.11. The number of hydrogen-bond donors (Lipinski definition) is 2. The van der Waals surface area contributed by atoms with Gasteiger partial charge in [-0.3, -0.25) is 9.59 Å². The van der Waals surface area contributed by atoms with E-state index >= 15 is 0 Å². The lowest BCUT2D eigenvalue weighted by Gasteiger charge is -2.11. The van der Waals surface area contributed by atoms with Gasteiger partial charge in [0.15, 0.2) is 0 Å². The first kappa shape index (κ1) is 16.8. The molecule has 0 atom stereocenters. The number of methoxy groups -OCH3 is 1. The van der Waals surface area contributed by atoms with Gasteiger partial charge in [0, 0.05) is 16.3 Å². The van der Waals surface area contributed by atoms with E-state index in [2.05, 4.69) is 5.32 Å². The van der Waals surface area contributed by atoms with Gasteiger partial charge >= 0.3 is 0 Å². The van der Waals surface area contributed by atoms with Crippen LogP contribution < -0.4 is 15.8 Å². The molecule has 3 N–H and O–H groups in total. The van der Waals surface area contributed by atoms with Gasteiger partial charge in [0.2, 0.25) is 5.91 Å². The average Bonchev–Trinajstić information content (AvgIpc) is 2.51. The lowest BCUT2D eigenvalue weighted by molar-refractivity contribution is -0.115. The molecule has 2 aromatic rings. The molecule has 7 heteroatoms. The third-order valence-corrected chi connectivity index (χ3v) is 3.50. The van der Waals surface area contributed by atoms with Gasteiger partial charge in [-0.1, -0.05) is 17.7 Å². The van der Waals surface area contributed by atoms with Crippen LogP contribution in [0, 0.1) is 5.82 Å². The summed E-state index contributed by atoms with van der Waals surface area (Å²) < 4.78 is 18.6. The topological polar surface area (TPSA) is 81.4 Å². The minimum atomic E-state index is -0.911. The Morgan fingerprint density at radius 3 is 2.70 bits per heavy atom. The van der Waals surface area contributed by atoms with Gasteiger partial charge < -0.3 is 15.8 Å². The molecule has 0 aliphatic rings. The monoisotopic (exact) mass is 336 g/mol. The van der Waals surface area contributed by atoms with E-state index in [1.165, 1.54) is 19.2 Å². The van der Waals surface area contributed by atoms with Crippen LogP contribution in [-0.2, 0) is 11.2 Å². The predicted octanol–water partition coefficient (Wildman–Crippen LogP) is 2.77. The van der Waals surface area contributed by atoms with Gasteiger partial charge in [0.1, 0.15) is 11.6 Å². The van der Waals surface area contributed by atoms with Gasteiger partial charge in [-0.2, -0.15) is 0 Å². The highest BCUT2D eigenvalue weighted by atomic mass is 35.5. The summed E-state index contributed by atoms with van der Waals surface area (Å²) in [5.74, 6) is -1.56. The molecule has 0 unspecified atom stereocenters. The van der Waals surface area contributed by atoms with E-state index in [9.17, 15) is 14.0 Å². The Morgan fingerprint density at radius 1 is 1.30 bits per heavy atom.